The molecule has 0 saturated carbocycles. The molecule has 0 aliphatic rings. The summed E-state index contributed by atoms with van der Waals surface area (Å²) in [6.45, 7) is 0. The Morgan fingerprint density at radius 1 is 0.467 bits per heavy atom. The van der Waals surface area contributed by atoms with E-state index in [0.717, 1.165) is 60.9 Å². The molecule has 8 aromatic rings. The van der Waals surface area contributed by atoms with Crippen LogP contribution in [0.15, 0.2) is 150 Å². The van der Waals surface area contributed by atoms with Crippen LogP contribution in [0.1, 0.15) is 5.56 Å². The molecule has 0 fully saturated rings. The summed E-state index contributed by atoms with van der Waals surface area (Å²) in [4.78, 5) is 15.1. The van der Waals surface area contributed by atoms with Crippen LogP contribution in [-0.4, -0.2) is 15.0 Å². The SMILES string of the molecule is N#Cc1ccc(-c2cccc(-c3ccc4c(oc5ccccc54)c3-c3nc(-c4ccccc4)nc(-c4ccccc4)n3)c2)cc1. The molecule has 2 aromatic heterocycles. The predicted molar refractivity (Wildman–Crippen MR) is 179 cm³/mol. The topological polar surface area (TPSA) is 75.6 Å². The molecule has 0 atom stereocenters. The van der Waals surface area contributed by atoms with E-state index in [0.29, 0.717) is 23.0 Å². The first-order valence-electron chi connectivity index (χ1n) is 14.7. The maximum absolute atomic E-state index is 9.28. The molecule has 0 amide bonds. The van der Waals surface area contributed by atoms with E-state index >= 15 is 0 Å². The van der Waals surface area contributed by atoms with Crippen LogP contribution in [-0.2, 0) is 0 Å². The van der Waals surface area contributed by atoms with E-state index in [1.54, 1.807) is 0 Å². The monoisotopic (exact) mass is 576 g/mol. The molecule has 2 heterocycles. The number of hydrogen-bond acceptors (Lipinski definition) is 5. The fraction of sp³-hybridized carbons (Fsp3) is 0. The quantitative estimate of drug-likeness (QED) is 0.204. The normalized spacial score (nSPS) is 11.1. The second-order valence-electron chi connectivity index (χ2n) is 10.8. The van der Waals surface area contributed by atoms with Crippen LogP contribution in [0.5, 0.6) is 0 Å². The first-order chi connectivity index (χ1) is 22.2. The minimum Gasteiger partial charge on any atom is -0.455 e. The van der Waals surface area contributed by atoms with Gasteiger partial charge in [-0.05, 0) is 52.6 Å². The first-order valence-corrected chi connectivity index (χ1v) is 14.7. The number of nitriles is 1. The van der Waals surface area contributed by atoms with Crippen LogP contribution >= 0.6 is 0 Å². The summed E-state index contributed by atoms with van der Waals surface area (Å²) in [6.07, 6.45) is 0. The van der Waals surface area contributed by atoms with Crippen molar-refractivity contribution < 1.29 is 4.42 Å². The lowest BCUT2D eigenvalue weighted by Gasteiger charge is -2.13. The summed E-state index contributed by atoms with van der Waals surface area (Å²) >= 11 is 0. The molecule has 0 spiro atoms. The van der Waals surface area contributed by atoms with Gasteiger partial charge < -0.3 is 4.42 Å². The predicted octanol–water partition coefficient (Wildman–Crippen LogP) is 9.98. The first kappa shape index (κ1) is 26.3. The van der Waals surface area contributed by atoms with Gasteiger partial charge in [0.2, 0.25) is 0 Å². The Labute approximate surface area is 259 Å². The van der Waals surface area contributed by atoms with Gasteiger partial charge in [-0.25, -0.2) is 15.0 Å². The van der Waals surface area contributed by atoms with E-state index in [1.807, 2.05) is 109 Å². The number of para-hydroxylation sites is 1. The highest BCUT2D eigenvalue weighted by Crippen LogP contribution is 2.42. The van der Waals surface area contributed by atoms with Gasteiger partial charge in [0.05, 0.1) is 17.2 Å². The van der Waals surface area contributed by atoms with Gasteiger partial charge in [-0.1, -0.05) is 115 Å². The molecule has 6 aromatic carbocycles. The van der Waals surface area contributed by atoms with E-state index in [2.05, 4.69) is 42.5 Å². The van der Waals surface area contributed by atoms with Crippen molar-refractivity contribution >= 4 is 21.9 Å². The molecule has 0 bridgehead atoms. The second-order valence-corrected chi connectivity index (χ2v) is 10.8. The highest BCUT2D eigenvalue weighted by molar-refractivity contribution is 6.12. The minimum absolute atomic E-state index is 0.533. The molecule has 8 rings (SSSR count). The van der Waals surface area contributed by atoms with Crippen LogP contribution < -0.4 is 0 Å². The van der Waals surface area contributed by atoms with Crippen LogP contribution in [0.4, 0.5) is 0 Å². The molecule has 5 heteroatoms. The van der Waals surface area contributed by atoms with Gasteiger partial charge >= 0.3 is 0 Å². The number of aromatic nitrogens is 3. The fourth-order valence-corrected chi connectivity index (χ4v) is 5.78. The molecule has 0 radical (unpaired) electrons. The molecular weight excluding hydrogens is 552 g/mol. The van der Waals surface area contributed by atoms with Gasteiger partial charge in [-0.2, -0.15) is 5.26 Å². The molecule has 0 aliphatic carbocycles. The standard InChI is InChI=1S/C40H24N4O/c41-25-26-18-20-27(21-19-26)30-14-9-15-31(24-30)32-22-23-34-33-16-7-8-17-35(33)45-37(34)36(32)40-43-38(28-10-3-1-4-11-28)42-39(44-40)29-12-5-2-6-13-29/h1-24H. The van der Waals surface area contributed by atoms with Crippen molar-refractivity contribution in [1.29, 1.82) is 5.26 Å². The van der Waals surface area contributed by atoms with Gasteiger partial charge in [-0.3, -0.25) is 0 Å². The van der Waals surface area contributed by atoms with Crippen LogP contribution in [0.2, 0.25) is 0 Å². The molecular formula is C40H24N4O. The van der Waals surface area contributed by atoms with Gasteiger partial charge in [0.15, 0.2) is 17.5 Å². The highest BCUT2D eigenvalue weighted by atomic mass is 16.3. The zero-order valence-corrected chi connectivity index (χ0v) is 24.1. The maximum Gasteiger partial charge on any atom is 0.168 e. The van der Waals surface area contributed by atoms with Crippen molar-refractivity contribution in [2.75, 3.05) is 0 Å². The van der Waals surface area contributed by atoms with E-state index in [9.17, 15) is 5.26 Å². The van der Waals surface area contributed by atoms with Crippen molar-refractivity contribution in [2.24, 2.45) is 0 Å². The Balaban J connectivity index is 1.41. The number of nitrogens with zero attached hydrogens (tertiary/aromatic N) is 4. The van der Waals surface area contributed by atoms with Crippen molar-refractivity contribution in [3.63, 3.8) is 0 Å². The van der Waals surface area contributed by atoms with Crippen molar-refractivity contribution in [2.45, 2.75) is 0 Å². The Morgan fingerprint density at radius 2 is 1.07 bits per heavy atom. The van der Waals surface area contributed by atoms with Crippen LogP contribution in [0.25, 0.3) is 78.4 Å². The fourth-order valence-electron chi connectivity index (χ4n) is 5.78. The van der Waals surface area contributed by atoms with E-state index < -0.39 is 0 Å². The van der Waals surface area contributed by atoms with E-state index in [-0.39, 0.29) is 0 Å². The van der Waals surface area contributed by atoms with E-state index in [4.69, 9.17) is 19.4 Å². The lowest BCUT2D eigenvalue weighted by atomic mass is 9.93. The van der Waals surface area contributed by atoms with Crippen molar-refractivity contribution in [1.82, 2.24) is 15.0 Å². The molecule has 0 aliphatic heterocycles. The second kappa shape index (κ2) is 11.0. The summed E-state index contributed by atoms with van der Waals surface area (Å²) < 4.78 is 6.60. The molecule has 210 valence electrons. The number of furan rings is 1. The molecule has 0 unspecified atom stereocenters. The third kappa shape index (κ3) is 4.81. The summed E-state index contributed by atoms with van der Waals surface area (Å²) in [5.74, 6) is 1.71. The number of rotatable bonds is 5. The van der Waals surface area contributed by atoms with Crippen LogP contribution in [0.3, 0.4) is 0 Å². The average molecular weight is 577 g/mol. The smallest absolute Gasteiger partial charge is 0.168 e. The lowest BCUT2D eigenvalue weighted by molar-refractivity contribution is 0.669. The highest BCUT2D eigenvalue weighted by Gasteiger charge is 2.22. The molecule has 0 N–H and O–H groups in total. The Hall–Kier alpha value is -6.38. The zero-order chi connectivity index (χ0) is 30.2. The van der Waals surface area contributed by atoms with E-state index in [1.165, 1.54) is 0 Å². The third-order valence-corrected chi connectivity index (χ3v) is 7.99. The van der Waals surface area contributed by atoms with Crippen molar-refractivity contribution in [3.8, 4) is 62.5 Å². The summed E-state index contributed by atoms with van der Waals surface area (Å²) in [5, 5.41) is 11.3. The minimum atomic E-state index is 0.533. The summed E-state index contributed by atoms with van der Waals surface area (Å²) in [6, 6.07) is 50.5. The van der Waals surface area contributed by atoms with Crippen molar-refractivity contribution in [3.05, 3.63) is 151 Å². The molecule has 45 heavy (non-hydrogen) atoms. The van der Waals surface area contributed by atoms with Gasteiger partial charge in [0, 0.05) is 21.9 Å². The zero-order valence-electron chi connectivity index (χ0n) is 24.1. The number of hydrogen-bond donors (Lipinski definition) is 0. The lowest BCUT2D eigenvalue weighted by Crippen LogP contribution is -2.01. The largest absolute Gasteiger partial charge is 0.455 e. The van der Waals surface area contributed by atoms with Gasteiger partial charge in [-0.15, -0.1) is 0 Å². The Bertz CT molecular complexity index is 2310. The van der Waals surface area contributed by atoms with Crippen LogP contribution in [0, 0.1) is 11.3 Å². The number of benzene rings is 6. The maximum atomic E-state index is 9.28. The number of fused-ring (bicyclic) bond motifs is 3. The molecule has 5 nitrogen and oxygen atoms in total. The Morgan fingerprint density at radius 3 is 1.76 bits per heavy atom. The van der Waals surface area contributed by atoms with Gasteiger partial charge in [0.1, 0.15) is 11.2 Å². The summed E-state index contributed by atoms with van der Waals surface area (Å²) in [7, 11) is 0. The third-order valence-electron chi connectivity index (χ3n) is 7.99. The van der Waals surface area contributed by atoms with Gasteiger partial charge in [0.25, 0.3) is 0 Å². The molecule has 0 saturated heterocycles. The average Bonchev–Trinajstić information content (AvgIpc) is 3.50. The summed E-state index contributed by atoms with van der Waals surface area (Å²) in [5.41, 5.74) is 8.78. The Kier molecular flexibility index (Phi) is 6.44.